The van der Waals surface area contributed by atoms with Crippen LogP contribution in [-0.2, 0) is 47.8 Å². The van der Waals surface area contributed by atoms with Gasteiger partial charge in [0.25, 0.3) is 0 Å². The second kappa shape index (κ2) is 56.9. The van der Waals surface area contributed by atoms with Crippen molar-refractivity contribution in [3.8, 4) is 0 Å². The molecule has 0 heterocycles. The van der Waals surface area contributed by atoms with Gasteiger partial charge in [-0.15, -0.1) is 0 Å². The number of hydrogen-bond donors (Lipinski definition) is 6. The van der Waals surface area contributed by atoms with Crippen molar-refractivity contribution in [1.82, 2.24) is 0 Å². The zero-order chi connectivity index (χ0) is 50.3. The first-order valence-corrected chi connectivity index (χ1v) is 25.0. The molecule has 0 amide bonds. The van der Waals surface area contributed by atoms with E-state index in [9.17, 15) is 38.4 Å². The van der Waals surface area contributed by atoms with Crippen molar-refractivity contribution in [1.29, 1.82) is 0 Å². The smallest absolute Gasteiger partial charge is 0.305 e. The van der Waals surface area contributed by atoms with E-state index >= 15 is 0 Å². The Morgan fingerprint density at radius 1 is 0.212 bits per heavy atom. The summed E-state index contributed by atoms with van der Waals surface area (Å²) in [6.07, 6.45) is 35.4. The summed E-state index contributed by atoms with van der Waals surface area (Å²) in [5.41, 5.74) is 0. The van der Waals surface area contributed by atoms with Crippen LogP contribution in [0.25, 0.3) is 0 Å². The number of carbonyl (C=O) groups is 8. The lowest BCUT2D eigenvalue weighted by Crippen LogP contribution is -1.99. The maximum absolute atomic E-state index is 10.8. The number of carboxylic acids is 6. The fourth-order valence-corrected chi connectivity index (χ4v) is 6.64. The third-order valence-electron chi connectivity index (χ3n) is 10.6. The minimum absolute atomic E-state index is 0.126. The van der Waals surface area contributed by atoms with Crippen molar-refractivity contribution in [3.63, 3.8) is 0 Å². The van der Waals surface area contributed by atoms with Crippen LogP contribution in [0.1, 0.15) is 257 Å². The van der Waals surface area contributed by atoms with E-state index in [1.807, 2.05) is 0 Å². The quantitative estimate of drug-likeness (QED) is 0.0245. The number of ether oxygens (including phenoxy) is 2. The van der Waals surface area contributed by atoms with Crippen LogP contribution in [0, 0.1) is 0 Å². The molecule has 0 aromatic carbocycles. The molecule has 6 N–H and O–H groups in total. The van der Waals surface area contributed by atoms with Gasteiger partial charge in [0.1, 0.15) is 0 Å². The van der Waals surface area contributed by atoms with Crippen LogP contribution in [0.2, 0.25) is 0 Å². The van der Waals surface area contributed by atoms with Gasteiger partial charge in [-0.25, -0.2) is 0 Å². The molecular formula is C50H92O16. The van der Waals surface area contributed by atoms with Gasteiger partial charge in [-0.2, -0.15) is 0 Å². The van der Waals surface area contributed by atoms with E-state index in [1.165, 1.54) is 27.1 Å². The van der Waals surface area contributed by atoms with Gasteiger partial charge in [-0.05, 0) is 51.4 Å². The van der Waals surface area contributed by atoms with Gasteiger partial charge >= 0.3 is 47.8 Å². The molecule has 0 saturated carbocycles. The molecule has 0 fully saturated rings. The molecule has 0 rings (SSSR count). The molecule has 0 aromatic heterocycles. The number of rotatable bonds is 44. The Hall–Kier alpha value is -4.24. The van der Waals surface area contributed by atoms with Gasteiger partial charge in [-0.3, -0.25) is 38.4 Å². The molecule has 0 aromatic rings. The maximum Gasteiger partial charge on any atom is 0.305 e. The summed E-state index contributed by atoms with van der Waals surface area (Å²) in [7, 11) is 2.83. The highest BCUT2D eigenvalue weighted by molar-refractivity contribution is 5.69. The first kappa shape index (κ1) is 68.3. The first-order chi connectivity index (χ1) is 31.6. The molecule has 0 saturated heterocycles. The SMILES string of the molecule is COC(=O)CCCCCCCCCCC(=O)O.COC(=O)CCCCCCCCCCC(=O)O.O=C(O)CCCCCCCCCCC(=O)O.O=C(O)CCCCCCCCCCC(=O)O. The topological polar surface area (TPSA) is 276 Å². The lowest BCUT2D eigenvalue weighted by Gasteiger charge is -2.01. The van der Waals surface area contributed by atoms with E-state index in [2.05, 4.69) is 9.47 Å². The van der Waals surface area contributed by atoms with E-state index in [4.69, 9.17) is 30.6 Å². The Bertz CT molecular complexity index is 1060. The Labute approximate surface area is 396 Å². The number of aliphatic carboxylic acids is 6. The Morgan fingerprint density at radius 2 is 0.318 bits per heavy atom. The van der Waals surface area contributed by atoms with E-state index in [0.717, 1.165) is 193 Å². The van der Waals surface area contributed by atoms with Crippen molar-refractivity contribution in [2.75, 3.05) is 14.2 Å². The molecule has 16 nitrogen and oxygen atoms in total. The predicted molar refractivity (Wildman–Crippen MR) is 255 cm³/mol. The van der Waals surface area contributed by atoms with Crippen molar-refractivity contribution >= 4 is 47.8 Å². The number of esters is 2. The molecule has 0 atom stereocenters. The number of carbonyl (C=O) groups excluding carboxylic acids is 2. The van der Waals surface area contributed by atoms with Crippen molar-refractivity contribution < 1.29 is 78.5 Å². The number of carboxylic acid groups (broad SMARTS) is 6. The molecule has 388 valence electrons. The minimum atomic E-state index is -0.714. The first-order valence-electron chi connectivity index (χ1n) is 25.0. The van der Waals surface area contributed by atoms with E-state index in [0.29, 0.717) is 25.7 Å². The molecule has 0 aliphatic rings. The highest BCUT2D eigenvalue weighted by Gasteiger charge is 2.03. The third kappa shape index (κ3) is 77.0. The van der Waals surface area contributed by atoms with Crippen LogP contribution in [-0.4, -0.2) is 92.6 Å². The highest BCUT2D eigenvalue weighted by Crippen LogP contribution is 2.14. The predicted octanol–water partition coefficient (Wildman–Crippen LogP) is 12.4. The van der Waals surface area contributed by atoms with Crippen LogP contribution in [0.15, 0.2) is 0 Å². The number of methoxy groups -OCH3 is 2. The Balaban J connectivity index is -0.000000388. The van der Waals surface area contributed by atoms with Gasteiger partial charge in [0.15, 0.2) is 0 Å². The fraction of sp³-hybridized carbons (Fsp3) is 0.840. The zero-order valence-corrected chi connectivity index (χ0v) is 41.1. The largest absolute Gasteiger partial charge is 0.481 e. The monoisotopic (exact) mass is 949 g/mol. The zero-order valence-electron chi connectivity index (χ0n) is 41.1. The van der Waals surface area contributed by atoms with Gasteiger partial charge in [-0.1, -0.05) is 154 Å². The van der Waals surface area contributed by atoms with Crippen LogP contribution < -0.4 is 0 Å². The van der Waals surface area contributed by atoms with Crippen LogP contribution >= 0.6 is 0 Å². The van der Waals surface area contributed by atoms with E-state index in [1.54, 1.807) is 0 Å². The van der Waals surface area contributed by atoms with Crippen molar-refractivity contribution in [3.05, 3.63) is 0 Å². The fourth-order valence-electron chi connectivity index (χ4n) is 6.64. The molecule has 0 spiro atoms. The average molecular weight is 949 g/mol. The number of hydrogen-bond acceptors (Lipinski definition) is 10. The number of unbranched alkanes of at least 4 members (excludes halogenated alkanes) is 28. The normalized spacial score (nSPS) is 10.2. The van der Waals surface area contributed by atoms with Gasteiger partial charge in [0.2, 0.25) is 0 Å². The highest BCUT2D eigenvalue weighted by atomic mass is 16.5. The van der Waals surface area contributed by atoms with Crippen LogP contribution in [0.5, 0.6) is 0 Å². The lowest BCUT2D eigenvalue weighted by molar-refractivity contribution is -0.141. The van der Waals surface area contributed by atoms with Crippen molar-refractivity contribution in [2.45, 2.75) is 257 Å². The van der Waals surface area contributed by atoms with E-state index < -0.39 is 35.8 Å². The molecular weight excluding hydrogens is 857 g/mol. The average Bonchev–Trinajstić information content (AvgIpc) is 3.26. The van der Waals surface area contributed by atoms with Gasteiger partial charge in [0, 0.05) is 51.4 Å². The summed E-state index contributed by atoms with van der Waals surface area (Å²) in [5.74, 6) is -4.51. The molecule has 66 heavy (non-hydrogen) atoms. The van der Waals surface area contributed by atoms with Crippen LogP contribution in [0.3, 0.4) is 0 Å². The summed E-state index contributed by atoms with van der Waals surface area (Å²) in [5, 5.41) is 50.5. The summed E-state index contributed by atoms with van der Waals surface area (Å²) in [4.78, 5) is 83.0. The van der Waals surface area contributed by atoms with Crippen LogP contribution in [0.4, 0.5) is 0 Å². The van der Waals surface area contributed by atoms with Gasteiger partial charge < -0.3 is 40.1 Å². The second-order valence-corrected chi connectivity index (χ2v) is 16.8. The molecule has 0 bridgehead atoms. The third-order valence-corrected chi connectivity index (χ3v) is 10.6. The second-order valence-electron chi connectivity index (χ2n) is 16.8. The molecule has 0 aliphatic heterocycles. The minimum Gasteiger partial charge on any atom is -0.481 e. The maximum atomic E-state index is 10.8. The standard InChI is InChI=1S/2C13H24O4.2C12H22O4/c2*1-17-13(16)11-9-7-5-3-2-4-6-8-10-12(14)15;2*13-11(14)9-7-5-3-1-2-4-6-8-10-12(15)16/h2*2-11H2,1H3,(H,14,15);2*1-10H2,(H,13,14)(H,15,16). The Kier molecular flexibility index (Phi) is 58.9. The van der Waals surface area contributed by atoms with Gasteiger partial charge in [0.05, 0.1) is 14.2 Å². The summed E-state index contributed by atoms with van der Waals surface area (Å²) < 4.78 is 9.11. The molecule has 16 heteroatoms. The summed E-state index contributed by atoms with van der Waals surface area (Å²) in [6.45, 7) is 0. The van der Waals surface area contributed by atoms with Crippen molar-refractivity contribution in [2.24, 2.45) is 0 Å². The summed E-state index contributed by atoms with van der Waals surface area (Å²) >= 11 is 0. The molecule has 0 aliphatic carbocycles. The lowest BCUT2D eigenvalue weighted by atomic mass is 10.1. The summed E-state index contributed by atoms with van der Waals surface area (Å²) in [6, 6.07) is 0. The molecule has 0 radical (unpaired) electrons. The molecule has 0 unspecified atom stereocenters. The Morgan fingerprint density at radius 3 is 0.424 bits per heavy atom. The van der Waals surface area contributed by atoms with E-state index in [-0.39, 0.29) is 37.6 Å².